The van der Waals surface area contributed by atoms with Crippen molar-refractivity contribution < 1.29 is 20.1 Å². The number of phenolic OH excluding ortho intramolecular Hbond substituents is 2. The lowest BCUT2D eigenvalue weighted by atomic mass is 9.86. The van der Waals surface area contributed by atoms with Crippen LogP contribution in [0.3, 0.4) is 0 Å². The van der Waals surface area contributed by atoms with E-state index in [1.807, 2.05) is 49.4 Å². The molecule has 0 saturated heterocycles. The molecule has 0 amide bonds. The van der Waals surface area contributed by atoms with Crippen LogP contribution in [0, 0.1) is 0 Å². The molecular formula is C46H66N2O4. The lowest BCUT2D eigenvalue weighted by Crippen LogP contribution is -2.38. The van der Waals surface area contributed by atoms with Gasteiger partial charge in [0.05, 0.1) is 13.2 Å². The van der Waals surface area contributed by atoms with Crippen molar-refractivity contribution >= 4 is 0 Å². The van der Waals surface area contributed by atoms with E-state index in [4.69, 9.17) is 4.74 Å². The first-order valence-corrected chi connectivity index (χ1v) is 19.3. The number of nitrogens with zero attached hydrogens (tertiary/aromatic N) is 2. The van der Waals surface area contributed by atoms with Crippen molar-refractivity contribution in [3.05, 3.63) is 130 Å². The van der Waals surface area contributed by atoms with Crippen molar-refractivity contribution in [2.24, 2.45) is 0 Å². The SMILES string of the molecule is CC(C)N(CC[C@H](c1ccccc1)c1cc(CO)ccc1O)C(C)C.CCOCc1ccc(O)c([C@H](CCN(C(C)C)C(C)C)c2ccccc2)c1. The van der Waals surface area contributed by atoms with Crippen LogP contribution in [0.15, 0.2) is 97.1 Å². The number of rotatable bonds is 18. The zero-order valence-corrected chi connectivity index (χ0v) is 33.3. The second-order valence-corrected chi connectivity index (χ2v) is 14.9. The van der Waals surface area contributed by atoms with Gasteiger partial charge in [-0.05, 0) is 135 Å². The molecule has 0 saturated carbocycles. The maximum Gasteiger partial charge on any atom is 0.119 e. The zero-order chi connectivity index (χ0) is 38.2. The van der Waals surface area contributed by atoms with E-state index in [2.05, 4.69) is 108 Å². The first-order valence-electron chi connectivity index (χ1n) is 19.3. The molecule has 0 heterocycles. The van der Waals surface area contributed by atoms with Gasteiger partial charge in [0.25, 0.3) is 0 Å². The smallest absolute Gasteiger partial charge is 0.119 e. The second-order valence-electron chi connectivity index (χ2n) is 14.9. The minimum absolute atomic E-state index is 0.0150. The molecule has 0 aliphatic heterocycles. The summed E-state index contributed by atoms with van der Waals surface area (Å²) in [6.45, 7) is 23.1. The number of ether oxygens (including phenoxy) is 1. The molecule has 0 bridgehead atoms. The van der Waals surface area contributed by atoms with E-state index in [0.29, 0.717) is 48.9 Å². The number of aromatic hydroxyl groups is 2. The van der Waals surface area contributed by atoms with Gasteiger partial charge in [-0.25, -0.2) is 0 Å². The molecule has 2 atom stereocenters. The van der Waals surface area contributed by atoms with E-state index in [1.165, 1.54) is 11.1 Å². The molecule has 0 aliphatic carbocycles. The molecule has 3 N–H and O–H groups in total. The standard InChI is InChI=1S/C24H35NO2.C22H31NO2/c1-6-27-17-20-12-13-24(26)23(16-20)22(21-10-8-7-9-11-21)14-15-25(18(2)3)19(4)5;1-16(2)23(17(3)4)13-12-20(19-8-6-5-7-9-19)21-14-18(15-24)10-11-22(21)25/h7-13,16,18-19,22,26H,6,14-15,17H2,1-5H3;5-11,14,16-17,20,24-25H,12-13,15H2,1-4H3/t22-;20-/m11/s1. The highest BCUT2D eigenvalue weighted by atomic mass is 16.5. The predicted octanol–water partition coefficient (Wildman–Crippen LogP) is 10.1. The summed E-state index contributed by atoms with van der Waals surface area (Å²) < 4.78 is 5.57. The second kappa shape index (κ2) is 21.8. The minimum atomic E-state index is -0.0150. The third kappa shape index (κ3) is 12.8. The van der Waals surface area contributed by atoms with Crippen LogP contribution < -0.4 is 0 Å². The Labute approximate surface area is 315 Å². The van der Waals surface area contributed by atoms with Crippen LogP contribution in [0.1, 0.15) is 120 Å². The van der Waals surface area contributed by atoms with Crippen LogP contribution in [0.25, 0.3) is 0 Å². The Morgan fingerprint density at radius 3 is 1.29 bits per heavy atom. The number of benzene rings is 4. The third-order valence-electron chi connectivity index (χ3n) is 10.00. The summed E-state index contributed by atoms with van der Waals surface area (Å²) in [6.07, 6.45) is 1.88. The maximum atomic E-state index is 10.6. The van der Waals surface area contributed by atoms with Crippen LogP contribution in [-0.2, 0) is 18.0 Å². The molecule has 0 unspecified atom stereocenters. The number of aliphatic hydroxyl groups excluding tert-OH is 1. The summed E-state index contributed by atoms with van der Waals surface area (Å²) in [4.78, 5) is 4.99. The van der Waals surface area contributed by atoms with E-state index >= 15 is 0 Å². The summed E-state index contributed by atoms with van der Waals surface area (Å²) in [5, 5.41) is 30.6. The molecule has 6 nitrogen and oxygen atoms in total. The summed E-state index contributed by atoms with van der Waals surface area (Å²) in [5.41, 5.74) is 6.26. The predicted molar refractivity (Wildman–Crippen MR) is 217 cm³/mol. The molecule has 0 spiro atoms. The average molecular weight is 711 g/mol. The van der Waals surface area contributed by atoms with Crippen molar-refractivity contribution in [3.63, 3.8) is 0 Å². The Morgan fingerprint density at radius 2 is 0.923 bits per heavy atom. The molecule has 0 aliphatic rings. The highest BCUT2D eigenvalue weighted by Crippen LogP contribution is 2.36. The molecule has 0 radical (unpaired) electrons. The highest BCUT2D eigenvalue weighted by molar-refractivity contribution is 5.45. The van der Waals surface area contributed by atoms with Crippen LogP contribution in [-0.4, -0.2) is 69.0 Å². The summed E-state index contributed by atoms with van der Waals surface area (Å²) in [7, 11) is 0. The Hall–Kier alpha value is -3.68. The van der Waals surface area contributed by atoms with Gasteiger partial charge >= 0.3 is 0 Å². The monoisotopic (exact) mass is 711 g/mol. The normalized spacial score (nSPS) is 12.9. The first kappa shape index (κ1) is 42.7. The van der Waals surface area contributed by atoms with Gasteiger partial charge in [0.15, 0.2) is 0 Å². The molecule has 4 aromatic rings. The number of hydrogen-bond donors (Lipinski definition) is 3. The fourth-order valence-electron chi connectivity index (χ4n) is 7.33. The van der Waals surface area contributed by atoms with E-state index in [0.717, 1.165) is 48.2 Å². The van der Waals surface area contributed by atoms with E-state index in [9.17, 15) is 15.3 Å². The molecule has 0 aromatic heterocycles. The van der Waals surface area contributed by atoms with Gasteiger partial charge in [-0.1, -0.05) is 72.8 Å². The Balaban J connectivity index is 0.000000281. The topological polar surface area (TPSA) is 76.4 Å². The van der Waals surface area contributed by atoms with Crippen LogP contribution in [0.2, 0.25) is 0 Å². The van der Waals surface area contributed by atoms with E-state index in [-0.39, 0.29) is 18.4 Å². The van der Waals surface area contributed by atoms with Gasteiger partial charge in [0, 0.05) is 53.7 Å². The molecule has 0 fully saturated rings. The molecule has 4 aromatic carbocycles. The molecule has 6 heteroatoms. The lowest BCUT2D eigenvalue weighted by molar-refractivity contribution is 0.134. The van der Waals surface area contributed by atoms with Crippen molar-refractivity contribution in [1.29, 1.82) is 0 Å². The van der Waals surface area contributed by atoms with Gasteiger partial charge in [0.1, 0.15) is 11.5 Å². The summed E-state index contributed by atoms with van der Waals surface area (Å²) in [6, 6.07) is 34.1. The summed E-state index contributed by atoms with van der Waals surface area (Å²) >= 11 is 0. The summed E-state index contributed by atoms with van der Waals surface area (Å²) in [5.74, 6) is 0.928. The van der Waals surface area contributed by atoms with Gasteiger partial charge in [-0.3, -0.25) is 9.80 Å². The molecule has 4 rings (SSSR count). The van der Waals surface area contributed by atoms with Gasteiger partial charge in [0.2, 0.25) is 0 Å². The van der Waals surface area contributed by atoms with Crippen LogP contribution in [0.4, 0.5) is 0 Å². The number of phenols is 2. The Morgan fingerprint density at radius 1 is 0.538 bits per heavy atom. The van der Waals surface area contributed by atoms with Gasteiger partial charge < -0.3 is 20.1 Å². The van der Waals surface area contributed by atoms with Crippen LogP contribution >= 0.6 is 0 Å². The quantitative estimate of drug-likeness (QED) is 0.0955. The van der Waals surface area contributed by atoms with E-state index in [1.54, 1.807) is 12.1 Å². The van der Waals surface area contributed by atoms with Gasteiger partial charge in [-0.15, -0.1) is 0 Å². The Kier molecular flexibility index (Phi) is 17.9. The minimum Gasteiger partial charge on any atom is -0.508 e. The lowest BCUT2D eigenvalue weighted by Gasteiger charge is -2.32. The third-order valence-corrected chi connectivity index (χ3v) is 10.00. The van der Waals surface area contributed by atoms with Crippen molar-refractivity contribution in [2.75, 3.05) is 19.7 Å². The average Bonchev–Trinajstić information content (AvgIpc) is 3.12. The van der Waals surface area contributed by atoms with Crippen molar-refractivity contribution in [2.45, 2.75) is 124 Å². The molecular weight excluding hydrogens is 645 g/mol. The van der Waals surface area contributed by atoms with Crippen molar-refractivity contribution in [1.82, 2.24) is 9.80 Å². The Bertz CT molecular complexity index is 1560. The molecule has 52 heavy (non-hydrogen) atoms. The first-order chi connectivity index (χ1) is 24.9. The highest BCUT2D eigenvalue weighted by Gasteiger charge is 2.23. The fourth-order valence-corrected chi connectivity index (χ4v) is 7.33. The van der Waals surface area contributed by atoms with Gasteiger partial charge in [-0.2, -0.15) is 0 Å². The zero-order valence-electron chi connectivity index (χ0n) is 33.3. The number of hydrogen-bond acceptors (Lipinski definition) is 6. The number of aliphatic hydroxyl groups is 1. The van der Waals surface area contributed by atoms with Crippen molar-refractivity contribution in [3.8, 4) is 11.5 Å². The molecule has 284 valence electrons. The van der Waals surface area contributed by atoms with E-state index < -0.39 is 0 Å². The largest absolute Gasteiger partial charge is 0.508 e. The maximum absolute atomic E-state index is 10.6. The van der Waals surface area contributed by atoms with Crippen LogP contribution in [0.5, 0.6) is 11.5 Å². The fraction of sp³-hybridized carbons (Fsp3) is 0.478.